The summed E-state index contributed by atoms with van der Waals surface area (Å²) in [4.78, 5) is 11.9. The Morgan fingerprint density at radius 2 is 1.82 bits per heavy atom. The van der Waals surface area contributed by atoms with Crippen molar-refractivity contribution in [3.8, 4) is 0 Å². The van der Waals surface area contributed by atoms with Crippen molar-refractivity contribution in [2.75, 3.05) is 36.4 Å². The van der Waals surface area contributed by atoms with Crippen LogP contribution in [-0.4, -0.2) is 42.2 Å². The summed E-state index contributed by atoms with van der Waals surface area (Å²) in [7, 11) is 0. The van der Waals surface area contributed by atoms with E-state index < -0.39 is 0 Å². The third-order valence-electron chi connectivity index (χ3n) is 4.69. The van der Waals surface area contributed by atoms with Gasteiger partial charge in [-0.25, -0.2) is 4.98 Å². The van der Waals surface area contributed by atoms with Crippen LogP contribution < -0.4 is 15.5 Å². The summed E-state index contributed by atoms with van der Waals surface area (Å²) >= 11 is 0. The van der Waals surface area contributed by atoms with Crippen molar-refractivity contribution >= 4 is 22.7 Å². The molecule has 1 aromatic carbocycles. The van der Waals surface area contributed by atoms with E-state index in [0.29, 0.717) is 6.04 Å². The predicted molar refractivity (Wildman–Crippen MR) is 90.5 cm³/mol. The Kier molecular flexibility index (Phi) is 3.81. The first-order valence-corrected chi connectivity index (χ1v) is 8.39. The molecule has 22 heavy (non-hydrogen) atoms. The molecule has 0 unspecified atom stereocenters. The Bertz CT molecular complexity index is 645. The third-order valence-corrected chi connectivity index (χ3v) is 4.69. The number of nitrogens with one attached hydrogen (secondary N) is 2. The minimum Gasteiger partial charge on any atom is -0.367 e. The van der Waals surface area contributed by atoms with Crippen molar-refractivity contribution in [2.24, 2.45) is 0 Å². The first-order chi connectivity index (χ1) is 10.9. The van der Waals surface area contributed by atoms with E-state index >= 15 is 0 Å². The summed E-state index contributed by atoms with van der Waals surface area (Å²) in [6.07, 6.45) is 5.15. The summed E-state index contributed by atoms with van der Waals surface area (Å²) < 4.78 is 0. The van der Waals surface area contributed by atoms with Gasteiger partial charge < -0.3 is 15.5 Å². The highest BCUT2D eigenvalue weighted by Crippen LogP contribution is 2.27. The molecule has 2 N–H and O–H groups in total. The van der Waals surface area contributed by atoms with Crippen molar-refractivity contribution in [3.05, 3.63) is 24.3 Å². The number of anilines is 2. The molecule has 5 heteroatoms. The van der Waals surface area contributed by atoms with Crippen LogP contribution in [0.5, 0.6) is 0 Å². The van der Waals surface area contributed by atoms with E-state index in [1.165, 1.54) is 25.7 Å². The van der Waals surface area contributed by atoms with Crippen molar-refractivity contribution < 1.29 is 0 Å². The van der Waals surface area contributed by atoms with Crippen molar-refractivity contribution in [3.63, 3.8) is 0 Å². The molecule has 2 fully saturated rings. The lowest BCUT2D eigenvalue weighted by atomic mass is 10.2. The Hall–Kier alpha value is -1.88. The third kappa shape index (κ3) is 2.73. The molecule has 0 radical (unpaired) electrons. The fourth-order valence-corrected chi connectivity index (χ4v) is 3.44. The minimum atomic E-state index is 0.564. The monoisotopic (exact) mass is 297 g/mol. The lowest BCUT2D eigenvalue weighted by Gasteiger charge is -2.28. The highest BCUT2D eigenvalue weighted by Gasteiger charge is 2.19. The molecule has 4 rings (SSSR count). The van der Waals surface area contributed by atoms with E-state index in [1.807, 2.05) is 0 Å². The van der Waals surface area contributed by atoms with Crippen LogP contribution in [0.4, 0.5) is 11.8 Å². The second-order valence-corrected chi connectivity index (χ2v) is 6.25. The SMILES string of the molecule is c1ccc2c(NC3CCCC3)nc(N3CCNCC3)nc2c1. The van der Waals surface area contributed by atoms with Crippen LogP contribution in [-0.2, 0) is 0 Å². The van der Waals surface area contributed by atoms with Crippen LogP contribution in [0.25, 0.3) is 10.9 Å². The van der Waals surface area contributed by atoms with Gasteiger partial charge in [-0.15, -0.1) is 0 Å². The normalized spacial score (nSPS) is 19.7. The van der Waals surface area contributed by atoms with Crippen LogP contribution >= 0.6 is 0 Å². The number of benzene rings is 1. The number of piperazine rings is 1. The molecule has 116 valence electrons. The van der Waals surface area contributed by atoms with Gasteiger partial charge in [0.25, 0.3) is 0 Å². The standard InChI is InChI=1S/C17H23N5/c1-2-6-13(5-1)19-16-14-7-3-4-8-15(14)20-17(21-16)22-11-9-18-10-12-22/h3-4,7-8,13,18H,1-2,5-6,9-12H2,(H,19,20,21). The topological polar surface area (TPSA) is 53.1 Å². The average molecular weight is 297 g/mol. The molecule has 2 aliphatic rings. The van der Waals surface area contributed by atoms with E-state index in [0.717, 1.165) is 48.8 Å². The quantitative estimate of drug-likeness (QED) is 0.911. The zero-order valence-electron chi connectivity index (χ0n) is 12.9. The van der Waals surface area contributed by atoms with Crippen molar-refractivity contribution in [1.82, 2.24) is 15.3 Å². The second kappa shape index (κ2) is 6.08. The number of rotatable bonds is 3. The fraction of sp³-hybridized carbons (Fsp3) is 0.529. The number of hydrogen-bond acceptors (Lipinski definition) is 5. The van der Waals surface area contributed by atoms with E-state index in [2.05, 4.69) is 39.8 Å². The Labute approximate surface area is 131 Å². The summed E-state index contributed by atoms with van der Waals surface area (Å²) in [5.74, 6) is 1.87. The molecule has 2 heterocycles. The minimum absolute atomic E-state index is 0.564. The lowest BCUT2D eigenvalue weighted by molar-refractivity contribution is 0.580. The maximum atomic E-state index is 4.86. The Balaban J connectivity index is 1.71. The van der Waals surface area contributed by atoms with E-state index in [1.54, 1.807) is 0 Å². The largest absolute Gasteiger partial charge is 0.367 e. The van der Waals surface area contributed by atoms with Gasteiger partial charge in [-0.2, -0.15) is 4.98 Å². The zero-order valence-corrected chi connectivity index (χ0v) is 12.9. The molecule has 0 spiro atoms. The highest BCUT2D eigenvalue weighted by molar-refractivity contribution is 5.90. The molecule has 0 bridgehead atoms. The number of nitrogens with zero attached hydrogens (tertiary/aromatic N) is 3. The van der Waals surface area contributed by atoms with E-state index in [4.69, 9.17) is 9.97 Å². The van der Waals surface area contributed by atoms with Gasteiger partial charge in [-0.05, 0) is 25.0 Å². The van der Waals surface area contributed by atoms with Crippen LogP contribution in [0.3, 0.4) is 0 Å². The summed E-state index contributed by atoms with van der Waals surface area (Å²) in [5, 5.41) is 8.18. The smallest absolute Gasteiger partial charge is 0.227 e. The maximum Gasteiger partial charge on any atom is 0.227 e. The average Bonchev–Trinajstić information content (AvgIpc) is 3.09. The number of fused-ring (bicyclic) bond motifs is 1. The lowest BCUT2D eigenvalue weighted by Crippen LogP contribution is -2.44. The summed E-state index contributed by atoms with van der Waals surface area (Å²) in [6, 6.07) is 8.89. The Morgan fingerprint density at radius 3 is 2.64 bits per heavy atom. The number of para-hydroxylation sites is 1. The molecule has 1 aromatic heterocycles. The molecule has 1 saturated heterocycles. The van der Waals surface area contributed by atoms with Gasteiger partial charge >= 0.3 is 0 Å². The fourth-order valence-electron chi connectivity index (χ4n) is 3.44. The first kappa shape index (κ1) is 13.8. The summed E-state index contributed by atoms with van der Waals surface area (Å²) in [6.45, 7) is 3.95. The molecule has 1 aliphatic carbocycles. The van der Waals surface area contributed by atoms with Gasteiger partial charge in [0, 0.05) is 37.6 Å². The molecule has 0 amide bonds. The molecular formula is C17H23N5. The van der Waals surface area contributed by atoms with Gasteiger partial charge in [0.2, 0.25) is 5.95 Å². The predicted octanol–water partition coefficient (Wildman–Crippen LogP) is 2.39. The van der Waals surface area contributed by atoms with E-state index in [-0.39, 0.29) is 0 Å². The number of hydrogen-bond donors (Lipinski definition) is 2. The van der Waals surface area contributed by atoms with Crippen LogP contribution in [0.2, 0.25) is 0 Å². The van der Waals surface area contributed by atoms with Crippen molar-refractivity contribution in [2.45, 2.75) is 31.7 Å². The van der Waals surface area contributed by atoms with E-state index in [9.17, 15) is 0 Å². The molecule has 5 nitrogen and oxygen atoms in total. The first-order valence-electron chi connectivity index (χ1n) is 8.39. The molecule has 1 saturated carbocycles. The van der Waals surface area contributed by atoms with Gasteiger partial charge in [0.15, 0.2) is 0 Å². The van der Waals surface area contributed by atoms with Gasteiger partial charge in [-0.1, -0.05) is 25.0 Å². The number of aromatic nitrogens is 2. The van der Waals surface area contributed by atoms with Crippen molar-refractivity contribution in [1.29, 1.82) is 0 Å². The molecular weight excluding hydrogens is 274 g/mol. The molecule has 0 atom stereocenters. The second-order valence-electron chi connectivity index (χ2n) is 6.25. The van der Waals surface area contributed by atoms with Gasteiger partial charge in [0.1, 0.15) is 5.82 Å². The van der Waals surface area contributed by atoms with Crippen LogP contribution in [0.1, 0.15) is 25.7 Å². The zero-order chi connectivity index (χ0) is 14.8. The van der Waals surface area contributed by atoms with Crippen LogP contribution in [0.15, 0.2) is 24.3 Å². The molecule has 2 aromatic rings. The maximum absolute atomic E-state index is 4.86. The van der Waals surface area contributed by atoms with Gasteiger partial charge in [0.05, 0.1) is 5.52 Å². The molecule has 1 aliphatic heterocycles. The van der Waals surface area contributed by atoms with Gasteiger partial charge in [-0.3, -0.25) is 0 Å². The Morgan fingerprint density at radius 1 is 1.05 bits per heavy atom. The summed E-state index contributed by atoms with van der Waals surface area (Å²) in [5.41, 5.74) is 1.03. The van der Waals surface area contributed by atoms with Crippen LogP contribution in [0, 0.1) is 0 Å². The highest BCUT2D eigenvalue weighted by atomic mass is 15.3.